The smallest absolute Gasteiger partial charge is 0.166 e. The monoisotopic (exact) mass is 338 g/mol. The minimum Gasteiger partial charge on any atom is -0.166 e. The van der Waals surface area contributed by atoms with Gasteiger partial charge in [0.15, 0.2) is 0 Å². The summed E-state index contributed by atoms with van der Waals surface area (Å²) in [6, 6.07) is 12.5. The van der Waals surface area contributed by atoms with Gasteiger partial charge in [0.1, 0.15) is 0 Å². The molecule has 2 aromatic rings. The van der Waals surface area contributed by atoms with Crippen molar-refractivity contribution in [2.24, 2.45) is 0 Å². The molecule has 0 bridgehead atoms. The van der Waals surface area contributed by atoms with E-state index in [1.165, 1.54) is 12.1 Å². The number of allylic oxidation sites excluding steroid dienone is 1. The first-order chi connectivity index (χ1) is 12.0. The number of unbranched alkanes of at least 4 members (excludes halogenated alkanes) is 1. The molecular formula is C22H17F3. The third kappa shape index (κ3) is 6.24. The molecule has 2 aromatic carbocycles. The second-order valence-electron chi connectivity index (χ2n) is 5.39. The zero-order chi connectivity index (χ0) is 18.1. The Labute approximate surface area is 146 Å². The Kier molecular flexibility index (Phi) is 6.49. The number of rotatable bonds is 3. The first-order valence-electron chi connectivity index (χ1n) is 7.95. The highest BCUT2D eigenvalue weighted by Crippen LogP contribution is 2.28. The van der Waals surface area contributed by atoms with Gasteiger partial charge in [0.25, 0.3) is 0 Å². The van der Waals surface area contributed by atoms with Crippen molar-refractivity contribution in [3.05, 3.63) is 76.9 Å². The summed E-state index contributed by atoms with van der Waals surface area (Å²) >= 11 is 0. The van der Waals surface area contributed by atoms with Gasteiger partial charge in [0.2, 0.25) is 0 Å². The molecule has 0 aliphatic carbocycles. The molecule has 0 aromatic heterocycles. The van der Waals surface area contributed by atoms with Crippen molar-refractivity contribution in [3.63, 3.8) is 0 Å². The summed E-state index contributed by atoms with van der Waals surface area (Å²) in [4.78, 5) is 0. The van der Waals surface area contributed by atoms with E-state index in [0.29, 0.717) is 5.56 Å². The Morgan fingerprint density at radius 1 is 0.840 bits per heavy atom. The Bertz CT molecular complexity index is 831. The summed E-state index contributed by atoms with van der Waals surface area (Å²) < 4.78 is 37.4. The lowest BCUT2D eigenvalue weighted by Crippen LogP contribution is -2.03. The predicted molar refractivity (Wildman–Crippen MR) is 95.6 cm³/mol. The molecule has 0 atom stereocenters. The van der Waals surface area contributed by atoms with E-state index < -0.39 is 11.7 Å². The average molecular weight is 338 g/mol. The highest BCUT2D eigenvalue weighted by molar-refractivity contribution is 5.52. The lowest BCUT2D eigenvalue weighted by molar-refractivity contribution is -0.137. The van der Waals surface area contributed by atoms with Crippen molar-refractivity contribution < 1.29 is 13.2 Å². The molecule has 0 aliphatic heterocycles. The fraction of sp³-hybridized carbons (Fsp3) is 0.182. The van der Waals surface area contributed by atoms with Gasteiger partial charge in [0.05, 0.1) is 5.56 Å². The number of halogens is 3. The molecule has 0 amide bonds. The maximum atomic E-state index is 12.5. The van der Waals surface area contributed by atoms with Crippen LogP contribution < -0.4 is 0 Å². The van der Waals surface area contributed by atoms with Gasteiger partial charge in [-0.05, 0) is 60.2 Å². The molecular weight excluding hydrogens is 321 g/mol. The first-order valence-corrected chi connectivity index (χ1v) is 7.95. The Balaban J connectivity index is 2.00. The summed E-state index contributed by atoms with van der Waals surface area (Å²) in [5.41, 5.74) is 1.78. The van der Waals surface area contributed by atoms with Crippen molar-refractivity contribution in [2.45, 2.75) is 25.9 Å². The first kappa shape index (κ1) is 18.4. The third-order valence-corrected chi connectivity index (χ3v) is 3.36. The third-order valence-electron chi connectivity index (χ3n) is 3.36. The molecule has 0 nitrogen and oxygen atoms in total. The lowest BCUT2D eigenvalue weighted by Gasteiger charge is -2.05. The molecule has 0 unspecified atom stereocenters. The molecule has 0 N–H and O–H groups in total. The lowest BCUT2D eigenvalue weighted by atomic mass is 10.1. The fourth-order valence-electron chi connectivity index (χ4n) is 2.01. The minimum atomic E-state index is -4.33. The van der Waals surface area contributed by atoms with Crippen molar-refractivity contribution in [2.75, 3.05) is 0 Å². The summed E-state index contributed by atoms with van der Waals surface area (Å²) in [7, 11) is 0. The molecule has 0 radical (unpaired) electrons. The van der Waals surface area contributed by atoms with Crippen LogP contribution in [0, 0.1) is 23.7 Å². The maximum absolute atomic E-state index is 12.5. The van der Waals surface area contributed by atoms with Gasteiger partial charge in [0, 0.05) is 11.1 Å². The standard InChI is InChI=1S/C22H17F3/c1-2-3-4-7-18-10-12-19(13-11-18)8-5-6-9-20-14-16-21(17-15-20)22(23,24)25/h4,7,10-17H,2-3H2,1H3/b7-4+. The number of alkyl halides is 3. The highest BCUT2D eigenvalue weighted by Gasteiger charge is 2.29. The zero-order valence-electron chi connectivity index (χ0n) is 13.8. The van der Waals surface area contributed by atoms with E-state index >= 15 is 0 Å². The minimum absolute atomic E-state index is 0.499. The Morgan fingerprint density at radius 2 is 1.36 bits per heavy atom. The quantitative estimate of drug-likeness (QED) is 0.609. The van der Waals surface area contributed by atoms with E-state index in [2.05, 4.69) is 42.8 Å². The molecule has 0 spiro atoms. The zero-order valence-corrected chi connectivity index (χ0v) is 13.8. The van der Waals surface area contributed by atoms with Crippen LogP contribution in [0.3, 0.4) is 0 Å². The normalized spacial score (nSPS) is 10.7. The summed E-state index contributed by atoms with van der Waals surface area (Å²) in [5, 5.41) is 0. The molecule has 0 saturated carbocycles. The molecule has 126 valence electrons. The second-order valence-corrected chi connectivity index (χ2v) is 5.39. The Hall–Kier alpha value is -2.91. The molecule has 25 heavy (non-hydrogen) atoms. The molecule has 2 rings (SSSR count). The topological polar surface area (TPSA) is 0 Å². The Morgan fingerprint density at radius 3 is 1.84 bits per heavy atom. The van der Waals surface area contributed by atoms with Crippen molar-refractivity contribution in [1.82, 2.24) is 0 Å². The van der Waals surface area contributed by atoms with Gasteiger partial charge in [-0.2, -0.15) is 13.2 Å². The van der Waals surface area contributed by atoms with E-state index in [0.717, 1.165) is 36.1 Å². The molecule has 0 fully saturated rings. The van der Waals surface area contributed by atoms with Crippen LogP contribution in [-0.4, -0.2) is 0 Å². The van der Waals surface area contributed by atoms with Crippen LogP contribution >= 0.6 is 0 Å². The van der Waals surface area contributed by atoms with Crippen molar-refractivity contribution in [1.29, 1.82) is 0 Å². The second kappa shape index (κ2) is 8.81. The van der Waals surface area contributed by atoms with E-state index in [-0.39, 0.29) is 0 Å². The van der Waals surface area contributed by atoms with Gasteiger partial charge >= 0.3 is 6.18 Å². The van der Waals surface area contributed by atoms with E-state index in [1.54, 1.807) is 0 Å². The van der Waals surface area contributed by atoms with E-state index in [4.69, 9.17) is 0 Å². The maximum Gasteiger partial charge on any atom is 0.416 e. The summed E-state index contributed by atoms with van der Waals surface area (Å²) in [6.45, 7) is 2.13. The van der Waals surface area contributed by atoms with E-state index in [1.807, 2.05) is 24.3 Å². The number of hydrogen-bond acceptors (Lipinski definition) is 0. The van der Waals surface area contributed by atoms with Crippen molar-refractivity contribution in [3.8, 4) is 23.7 Å². The largest absolute Gasteiger partial charge is 0.416 e. The number of benzene rings is 2. The fourth-order valence-corrected chi connectivity index (χ4v) is 2.01. The predicted octanol–water partition coefficient (Wildman–Crippen LogP) is 5.92. The van der Waals surface area contributed by atoms with Crippen LogP contribution in [0.15, 0.2) is 54.6 Å². The molecule has 0 saturated heterocycles. The SMILES string of the molecule is CCC/C=C/c1ccc(C#CC#Cc2ccc(C(F)(F)F)cc2)cc1. The van der Waals surface area contributed by atoms with Crippen LogP contribution in [0.1, 0.15) is 42.0 Å². The van der Waals surface area contributed by atoms with Crippen LogP contribution in [0.4, 0.5) is 13.2 Å². The van der Waals surface area contributed by atoms with Gasteiger partial charge in [-0.1, -0.05) is 49.5 Å². The van der Waals surface area contributed by atoms with Crippen LogP contribution in [-0.2, 0) is 6.18 Å². The molecule has 3 heteroatoms. The van der Waals surface area contributed by atoms with Gasteiger partial charge in [-0.25, -0.2) is 0 Å². The van der Waals surface area contributed by atoms with Crippen LogP contribution in [0.5, 0.6) is 0 Å². The van der Waals surface area contributed by atoms with Crippen LogP contribution in [0.2, 0.25) is 0 Å². The van der Waals surface area contributed by atoms with Crippen LogP contribution in [0.25, 0.3) is 6.08 Å². The van der Waals surface area contributed by atoms with Crippen molar-refractivity contribution >= 4 is 6.08 Å². The average Bonchev–Trinajstić information content (AvgIpc) is 2.60. The summed E-state index contributed by atoms with van der Waals surface area (Å²) in [6.07, 6.45) is 2.06. The van der Waals surface area contributed by atoms with E-state index in [9.17, 15) is 13.2 Å². The summed E-state index contributed by atoms with van der Waals surface area (Å²) in [5.74, 6) is 11.0. The van der Waals surface area contributed by atoms with Gasteiger partial charge in [-0.15, -0.1) is 0 Å². The molecule has 0 aliphatic rings. The molecule has 0 heterocycles. The van der Waals surface area contributed by atoms with Gasteiger partial charge < -0.3 is 0 Å². The highest BCUT2D eigenvalue weighted by atomic mass is 19.4. The van der Waals surface area contributed by atoms with Gasteiger partial charge in [-0.3, -0.25) is 0 Å². The number of hydrogen-bond donors (Lipinski definition) is 0.